The molecule has 1 aliphatic rings. The second kappa shape index (κ2) is 13.4. The molecule has 2 aromatic heterocycles. The number of rotatable bonds is 7. The number of nitrogens with one attached hydrogen (secondary N) is 1. The number of fused-ring (bicyclic) bond motifs is 1. The number of pyridine rings is 2. The van der Waals surface area contributed by atoms with Gasteiger partial charge in [-0.15, -0.1) is 0 Å². The number of benzene rings is 1. The quantitative estimate of drug-likeness (QED) is 0.453. The summed E-state index contributed by atoms with van der Waals surface area (Å²) in [4.78, 5) is 22.1. The summed E-state index contributed by atoms with van der Waals surface area (Å²) < 4.78 is 19.4. The van der Waals surface area contributed by atoms with Gasteiger partial charge in [0.25, 0.3) is 5.91 Å². The van der Waals surface area contributed by atoms with Gasteiger partial charge in [0.2, 0.25) is 0 Å². The van der Waals surface area contributed by atoms with Gasteiger partial charge < -0.3 is 15.2 Å². The Labute approximate surface area is 230 Å². The number of carbonyl (C=O) groups is 1. The van der Waals surface area contributed by atoms with Gasteiger partial charge in [-0.2, -0.15) is 0 Å². The first kappa shape index (κ1) is 29.9. The zero-order valence-corrected chi connectivity index (χ0v) is 23.4. The normalized spacial score (nSPS) is 16.9. The van der Waals surface area contributed by atoms with Crippen molar-refractivity contribution in [3.63, 3.8) is 0 Å². The highest BCUT2D eigenvalue weighted by atomic mass is 19.1. The summed E-state index contributed by atoms with van der Waals surface area (Å²) >= 11 is 0. The van der Waals surface area contributed by atoms with Crippen LogP contribution in [0.4, 0.5) is 4.39 Å². The van der Waals surface area contributed by atoms with Gasteiger partial charge in [-0.3, -0.25) is 4.79 Å². The number of carbonyl (C=O) groups excluding carboxylic acids is 1. The lowest BCUT2D eigenvalue weighted by molar-refractivity contribution is 0.0486. The minimum atomic E-state index is -1.23. The summed E-state index contributed by atoms with van der Waals surface area (Å²) in [6, 6.07) is 14.4. The fraction of sp³-hybridized carbons (Fsp3) is 0.344. The van der Waals surface area contributed by atoms with Crippen LogP contribution in [-0.2, 0) is 16.9 Å². The summed E-state index contributed by atoms with van der Waals surface area (Å²) in [5.74, 6) is -0.302. The Balaban J connectivity index is 0.00000205. The third-order valence-electron chi connectivity index (χ3n) is 6.60. The molecule has 3 heterocycles. The zero-order chi connectivity index (χ0) is 28.6. The highest BCUT2D eigenvalue weighted by Crippen LogP contribution is 2.28. The molecule has 0 aliphatic carbocycles. The third-order valence-corrected chi connectivity index (χ3v) is 6.60. The molecule has 0 fully saturated rings. The molecule has 1 aromatic carbocycles. The Morgan fingerprint density at radius 2 is 1.95 bits per heavy atom. The number of halogens is 1. The molecular formula is C32H38FN3O3. The lowest BCUT2D eigenvalue weighted by Gasteiger charge is -2.21. The minimum absolute atomic E-state index is 0.00438. The van der Waals surface area contributed by atoms with Crippen molar-refractivity contribution in [2.45, 2.75) is 59.4 Å². The van der Waals surface area contributed by atoms with Crippen LogP contribution in [-0.4, -0.2) is 34.1 Å². The number of amides is 1. The first-order chi connectivity index (χ1) is 18.7. The maximum Gasteiger partial charge on any atom is 0.251 e. The molecule has 6 nitrogen and oxygen atoms in total. The van der Waals surface area contributed by atoms with Crippen LogP contribution in [0.2, 0.25) is 0 Å². The van der Waals surface area contributed by atoms with E-state index in [1.54, 1.807) is 25.1 Å². The predicted octanol–water partition coefficient (Wildman–Crippen LogP) is 4.90. The number of alkyl halides is 1. The zero-order valence-electron chi connectivity index (χ0n) is 23.4. The molecule has 0 radical (unpaired) electrons. The van der Waals surface area contributed by atoms with E-state index in [1.807, 2.05) is 70.2 Å². The van der Waals surface area contributed by atoms with E-state index in [4.69, 9.17) is 9.72 Å². The molecule has 7 heteroatoms. The van der Waals surface area contributed by atoms with Crippen molar-refractivity contribution in [1.82, 2.24) is 15.3 Å². The standard InChI is InChI=1S/C30H32FN3O3.C2H6/c1-5-20-12-13-26(25-8-7-9-28(34-25)30(4,36)6-2)33-27(20)14-19(3)16-32-29(35)21-10-11-22-17-37-18-24(31)23(22)15-21;1-2/h5,7-15,24,36H,3,6,16-18H2,1-2,4H3,(H,32,35);1-2H3/b20-5-,27-14+;. The van der Waals surface area contributed by atoms with Gasteiger partial charge in [0.15, 0.2) is 0 Å². The van der Waals surface area contributed by atoms with Crippen molar-refractivity contribution in [1.29, 1.82) is 0 Å². The van der Waals surface area contributed by atoms with Crippen LogP contribution in [0, 0.1) is 0 Å². The van der Waals surface area contributed by atoms with E-state index >= 15 is 0 Å². The number of hydrogen-bond donors (Lipinski definition) is 2. The fourth-order valence-electron chi connectivity index (χ4n) is 4.11. The fourth-order valence-corrected chi connectivity index (χ4v) is 4.11. The van der Waals surface area contributed by atoms with Gasteiger partial charge in [0.05, 0.1) is 35.6 Å². The molecule has 2 unspecified atom stereocenters. The SMILES string of the molecule is C=C(/C=c1/nc(-c2cccc(C(C)(O)CC)n2)cc/c1=C/C)CNC(=O)c1ccc2c(c1)C(F)COC2.CC. The van der Waals surface area contributed by atoms with Gasteiger partial charge in [-0.25, -0.2) is 14.4 Å². The highest BCUT2D eigenvalue weighted by molar-refractivity contribution is 5.94. The first-order valence-corrected chi connectivity index (χ1v) is 13.4. The Morgan fingerprint density at radius 3 is 2.67 bits per heavy atom. The summed E-state index contributed by atoms with van der Waals surface area (Å²) in [6.07, 6.45) is 3.08. The minimum Gasteiger partial charge on any atom is -0.384 e. The molecule has 39 heavy (non-hydrogen) atoms. The van der Waals surface area contributed by atoms with Crippen LogP contribution in [0.5, 0.6) is 0 Å². The van der Waals surface area contributed by atoms with Gasteiger partial charge >= 0.3 is 0 Å². The monoisotopic (exact) mass is 531 g/mol. The Kier molecular flexibility index (Phi) is 10.3. The molecule has 1 amide bonds. The Hall–Kier alpha value is -3.68. The van der Waals surface area contributed by atoms with Gasteiger partial charge in [-0.05, 0) is 78.6 Å². The molecule has 0 saturated heterocycles. The second-order valence-electron chi connectivity index (χ2n) is 9.38. The molecule has 3 aromatic rings. The average Bonchev–Trinajstić information content (AvgIpc) is 2.97. The molecule has 2 atom stereocenters. The smallest absolute Gasteiger partial charge is 0.251 e. The Morgan fingerprint density at radius 1 is 1.21 bits per heavy atom. The highest BCUT2D eigenvalue weighted by Gasteiger charge is 2.23. The summed E-state index contributed by atoms with van der Waals surface area (Å²) in [5.41, 5.74) is 3.22. The third kappa shape index (κ3) is 7.25. The van der Waals surface area contributed by atoms with Gasteiger partial charge in [0, 0.05) is 12.1 Å². The molecule has 206 valence electrons. The van der Waals surface area contributed by atoms with Crippen molar-refractivity contribution in [3.8, 4) is 11.4 Å². The van der Waals surface area contributed by atoms with Crippen molar-refractivity contribution < 1.29 is 19.0 Å². The number of aliphatic hydroxyl groups is 1. The largest absolute Gasteiger partial charge is 0.384 e. The van der Waals surface area contributed by atoms with E-state index < -0.39 is 11.8 Å². The number of hydrogen-bond acceptors (Lipinski definition) is 5. The van der Waals surface area contributed by atoms with Crippen LogP contribution in [0.1, 0.15) is 74.4 Å². The van der Waals surface area contributed by atoms with Crippen molar-refractivity contribution >= 4 is 18.1 Å². The van der Waals surface area contributed by atoms with E-state index in [2.05, 4.69) is 16.9 Å². The van der Waals surface area contributed by atoms with Crippen molar-refractivity contribution in [2.75, 3.05) is 13.2 Å². The molecule has 0 saturated carbocycles. The second-order valence-corrected chi connectivity index (χ2v) is 9.38. The van der Waals surface area contributed by atoms with Crippen LogP contribution in [0.3, 0.4) is 0 Å². The van der Waals surface area contributed by atoms with Crippen LogP contribution < -0.4 is 15.9 Å². The first-order valence-electron chi connectivity index (χ1n) is 13.4. The maximum absolute atomic E-state index is 14.2. The maximum atomic E-state index is 14.2. The lowest BCUT2D eigenvalue weighted by Crippen LogP contribution is -2.30. The van der Waals surface area contributed by atoms with Gasteiger partial charge in [-0.1, -0.05) is 51.6 Å². The van der Waals surface area contributed by atoms with Crippen LogP contribution in [0.25, 0.3) is 23.5 Å². The molecule has 0 spiro atoms. The van der Waals surface area contributed by atoms with E-state index in [0.717, 1.165) is 10.8 Å². The van der Waals surface area contributed by atoms with Crippen LogP contribution >= 0.6 is 0 Å². The van der Waals surface area contributed by atoms with Crippen molar-refractivity contribution in [2.24, 2.45) is 0 Å². The average molecular weight is 532 g/mol. The summed E-state index contributed by atoms with van der Waals surface area (Å²) in [7, 11) is 0. The van der Waals surface area contributed by atoms with E-state index in [1.165, 1.54) is 0 Å². The molecule has 1 aliphatic heterocycles. The molecule has 0 bridgehead atoms. The molecular weight excluding hydrogens is 493 g/mol. The van der Waals surface area contributed by atoms with Crippen LogP contribution in [0.15, 0.2) is 60.7 Å². The predicted molar refractivity (Wildman–Crippen MR) is 154 cm³/mol. The van der Waals surface area contributed by atoms with E-state index in [9.17, 15) is 14.3 Å². The Bertz CT molecular complexity index is 1450. The van der Waals surface area contributed by atoms with E-state index in [0.29, 0.717) is 52.2 Å². The van der Waals surface area contributed by atoms with Gasteiger partial charge in [0.1, 0.15) is 11.8 Å². The number of aromatic nitrogens is 2. The molecule has 4 rings (SSSR count). The van der Waals surface area contributed by atoms with Crippen molar-refractivity contribution in [3.05, 3.63) is 93.6 Å². The topological polar surface area (TPSA) is 84.3 Å². The molecule has 2 N–H and O–H groups in total. The summed E-state index contributed by atoms with van der Waals surface area (Å²) in [6.45, 7) is 14.2. The summed E-state index contributed by atoms with van der Waals surface area (Å²) in [5, 5.41) is 15.1. The number of ether oxygens (including phenoxy) is 1. The number of nitrogens with zero attached hydrogens (tertiary/aromatic N) is 2. The van der Waals surface area contributed by atoms with E-state index in [-0.39, 0.29) is 19.1 Å². The lowest BCUT2D eigenvalue weighted by atomic mass is 9.98.